The lowest BCUT2D eigenvalue weighted by Gasteiger charge is -2.30. The van der Waals surface area contributed by atoms with Gasteiger partial charge < -0.3 is 20.6 Å². The normalized spacial score (nSPS) is 16.9. The third kappa shape index (κ3) is 3.15. The minimum absolute atomic E-state index is 0.0443. The highest BCUT2D eigenvalue weighted by Gasteiger charge is 2.42. The van der Waals surface area contributed by atoms with Crippen molar-refractivity contribution in [3.8, 4) is 5.75 Å². The van der Waals surface area contributed by atoms with E-state index in [1.54, 1.807) is 6.20 Å². The third-order valence-corrected chi connectivity index (χ3v) is 5.80. The van der Waals surface area contributed by atoms with Crippen molar-refractivity contribution in [1.29, 1.82) is 0 Å². The summed E-state index contributed by atoms with van der Waals surface area (Å²) in [5, 5.41) is 20.8. The molecule has 1 amide bonds. The Bertz CT molecular complexity index is 1270. The van der Waals surface area contributed by atoms with E-state index in [9.17, 15) is 19.5 Å². The van der Waals surface area contributed by atoms with Gasteiger partial charge in [0, 0.05) is 38.6 Å². The van der Waals surface area contributed by atoms with Crippen LogP contribution in [0.5, 0.6) is 5.75 Å². The summed E-state index contributed by atoms with van der Waals surface area (Å²) in [4.78, 5) is 42.1. The van der Waals surface area contributed by atoms with E-state index in [0.717, 1.165) is 17.7 Å². The maximum absolute atomic E-state index is 12.4. The molecule has 1 unspecified atom stereocenters. The molecule has 3 N–H and O–H groups in total. The van der Waals surface area contributed by atoms with Crippen LogP contribution in [0.1, 0.15) is 41.6 Å². The topological polar surface area (TPSA) is 129 Å². The zero-order valence-corrected chi connectivity index (χ0v) is 18.0. The van der Waals surface area contributed by atoms with E-state index in [1.165, 1.54) is 31.3 Å². The molecule has 10 nitrogen and oxygen atoms in total. The van der Waals surface area contributed by atoms with Crippen molar-refractivity contribution in [3.63, 3.8) is 0 Å². The lowest BCUT2D eigenvalue weighted by molar-refractivity contribution is 0.0819. The van der Waals surface area contributed by atoms with Gasteiger partial charge in [0.05, 0.1) is 17.9 Å². The Morgan fingerprint density at radius 3 is 2.61 bits per heavy atom. The lowest BCUT2D eigenvalue weighted by Crippen LogP contribution is -2.39. The van der Waals surface area contributed by atoms with Gasteiger partial charge in [0.2, 0.25) is 0 Å². The monoisotopic (exact) mass is 424 g/mol. The summed E-state index contributed by atoms with van der Waals surface area (Å²) in [6.07, 6.45) is 3.89. The molecular weight excluding hydrogens is 400 g/mol. The van der Waals surface area contributed by atoms with Gasteiger partial charge in [-0.25, -0.2) is 4.98 Å². The number of hydrogen-bond donors (Lipinski definition) is 3. The molecule has 2 aromatic heterocycles. The van der Waals surface area contributed by atoms with Crippen molar-refractivity contribution in [2.45, 2.75) is 26.3 Å². The number of nitrogens with one attached hydrogen (secondary N) is 2. The fourth-order valence-corrected chi connectivity index (χ4v) is 4.02. The van der Waals surface area contributed by atoms with Crippen LogP contribution in [0, 0.1) is 5.41 Å². The first-order chi connectivity index (χ1) is 14.5. The predicted molar refractivity (Wildman–Crippen MR) is 116 cm³/mol. The maximum Gasteiger partial charge on any atom is 0.275 e. The van der Waals surface area contributed by atoms with E-state index < -0.39 is 22.5 Å². The Labute approximate surface area is 178 Å². The Morgan fingerprint density at radius 2 is 1.94 bits per heavy atom. The first-order valence-electron chi connectivity index (χ1n) is 9.80. The quantitative estimate of drug-likeness (QED) is 0.523. The minimum atomic E-state index is -0.693. The molecule has 0 spiro atoms. The van der Waals surface area contributed by atoms with E-state index in [2.05, 4.69) is 34.6 Å². The van der Waals surface area contributed by atoms with E-state index >= 15 is 0 Å². The van der Waals surface area contributed by atoms with Gasteiger partial charge in [0.1, 0.15) is 11.4 Å². The Hall–Kier alpha value is -3.69. The number of anilines is 3. The Morgan fingerprint density at radius 1 is 1.26 bits per heavy atom. The molecule has 1 atom stereocenters. The number of amides is 1. The van der Waals surface area contributed by atoms with E-state index in [1.807, 2.05) is 11.7 Å². The molecule has 10 heteroatoms. The van der Waals surface area contributed by atoms with Crippen molar-refractivity contribution in [3.05, 3.63) is 55.9 Å². The third-order valence-electron chi connectivity index (χ3n) is 5.80. The standard InChI is InChI=1S/C21H24N6O4/c1-21(2)8-12-10(9-23-27(12)5)19(21)25-14-13(17(29)18(14)30)24-11-6-7-22-15(16(11)28)20(31)26(3)4/h6-7,9,19,25,28H,8H2,1-5H3,(H,22,24). The zero-order chi connectivity index (χ0) is 22.7. The molecule has 0 saturated carbocycles. The van der Waals surface area contributed by atoms with Gasteiger partial charge >= 0.3 is 0 Å². The second-order valence-electron chi connectivity index (χ2n) is 8.70. The number of rotatable bonds is 5. The maximum atomic E-state index is 12.4. The number of aromatic hydroxyl groups is 1. The first kappa shape index (κ1) is 20.6. The molecule has 1 aromatic carbocycles. The van der Waals surface area contributed by atoms with Gasteiger partial charge in [0.15, 0.2) is 11.4 Å². The molecule has 3 aromatic rings. The average molecular weight is 424 g/mol. The molecule has 162 valence electrons. The molecule has 1 aliphatic rings. The summed E-state index contributed by atoms with van der Waals surface area (Å²) in [5.41, 5.74) is 0.691. The highest BCUT2D eigenvalue weighted by Crippen LogP contribution is 2.47. The molecule has 0 bridgehead atoms. The molecule has 4 rings (SSSR count). The summed E-state index contributed by atoms with van der Waals surface area (Å²) < 4.78 is 1.82. The van der Waals surface area contributed by atoms with Gasteiger partial charge in [0.25, 0.3) is 16.8 Å². The van der Waals surface area contributed by atoms with Gasteiger partial charge in [-0.3, -0.25) is 19.1 Å². The van der Waals surface area contributed by atoms with Gasteiger partial charge in [-0.05, 0) is 17.9 Å². The highest BCUT2D eigenvalue weighted by atomic mass is 16.3. The molecule has 0 saturated heterocycles. The van der Waals surface area contributed by atoms with Crippen LogP contribution < -0.4 is 21.5 Å². The molecule has 0 fully saturated rings. The van der Waals surface area contributed by atoms with Crippen LogP contribution in [0.15, 0.2) is 28.0 Å². The number of hydrogen-bond acceptors (Lipinski definition) is 8. The zero-order valence-electron chi connectivity index (χ0n) is 18.0. The number of fused-ring (bicyclic) bond motifs is 1. The number of pyridine rings is 1. The van der Waals surface area contributed by atoms with Gasteiger partial charge in [-0.2, -0.15) is 5.10 Å². The molecule has 1 aliphatic carbocycles. The molecule has 0 radical (unpaired) electrons. The van der Waals surface area contributed by atoms with Crippen molar-refractivity contribution >= 4 is 23.0 Å². The van der Waals surface area contributed by atoms with Crippen LogP contribution in [-0.2, 0) is 13.5 Å². The Balaban J connectivity index is 1.67. The fraction of sp³-hybridized carbons (Fsp3) is 0.381. The molecular formula is C21H24N6O4. The molecule has 0 aliphatic heterocycles. The van der Waals surface area contributed by atoms with Crippen LogP contribution in [0.2, 0.25) is 0 Å². The molecule has 2 heterocycles. The van der Waals surface area contributed by atoms with Crippen LogP contribution in [0.3, 0.4) is 0 Å². The largest absolute Gasteiger partial charge is 0.504 e. The smallest absolute Gasteiger partial charge is 0.275 e. The first-order valence-corrected chi connectivity index (χ1v) is 9.80. The van der Waals surface area contributed by atoms with Crippen molar-refractivity contribution < 1.29 is 9.90 Å². The van der Waals surface area contributed by atoms with E-state index in [-0.39, 0.29) is 34.2 Å². The minimum Gasteiger partial charge on any atom is -0.504 e. The number of carbonyl (C=O) groups is 1. The second kappa shape index (κ2) is 6.93. The summed E-state index contributed by atoms with van der Waals surface area (Å²) in [6, 6.07) is 1.22. The summed E-state index contributed by atoms with van der Waals surface area (Å²) >= 11 is 0. The van der Waals surface area contributed by atoms with Gasteiger partial charge in [-0.1, -0.05) is 13.8 Å². The van der Waals surface area contributed by atoms with Crippen LogP contribution in [0.4, 0.5) is 17.1 Å². The number of aryl methyl sites for hydroxylation is 1. The highest BCUT2D eigenvalue weighted by molar-refractivity contribution is 5.97. The fourth-order valence-electron chi connectivity index (χ4n) is 4.02. The summed E-state index contributed by atoms with van der Waals surface area (Å²) in [5.74, 6) is -0.878. The number of nitrogens with zero attached hydrogens (tertiary/aromatic N) is 4. The van der Waals surface area contributed by atoms with Crippen molar-refractivity contribution in [1.82, 2.24) is 19.7 Å². The molecule has 31 heavy (non-hydrogen) atoms. The summed E-state index contributed by atoms with van der Waals surface area (Å²) in [7, 11) is 4.96. The number of aromatic nitrogens is 3. The van der Waals surface area contributed by atoms with Gasteiger partial charge in [-0.15, -0.1) is 0 Å². The van der Waals surface area contributed by atoms with E-state index in [0.29, 0.717) is 0 Å². The van der Waals surface area contributed by atoms with Crippen LogP contribution >= 0.6 is 0 Å². The lowest BCUT2D eigenvalue weighted by atomic mass is 9.85. The van der Waals surface area contributed by atoms with Crippen molar-refractivity contribution in [2.75, 3.05) is 24.7 Å². The van der Waals surface area contributed by atoms with E-state index in [4.69, 9.17) is 0 Å². The number of carbonyl (C=O) groups excluding carboxylic acids is 1. The van der Waals surface area contributed by atoms with Crippen molar-refractivity contribution in [2.24, 2.45) is 12.5 Å². The average Bonchev–Trinajstić information content (AvgIpc) is 3.19. The summed E-state index contributed by atoms with van der Waals surface area (Å²) in [6.45, 7) is 4.16. The van der Waals surface area contributed by atoms with Crippen LogP contribution in [0.25, 0.3) is 0 Å². The Kier molecular flexibility index (Phi) is 4.60. The predicted octanol–water partition coefficient (Wildman–Crippen LogP) is 1.30. The SMILES string of the molecule is CN(C)C(=O)c1nccc(Nc2c(NC3c4cnn(C)c4CC3(C)C)c(=O)c2=O)c1O. The van der Waals surface area contributed by atoms with Crippen LogP contribution in [-0.4, -0.2) is 44.8 Å². The second-order valence-corrected chi connectivity index (χ2v) is 8.70.